The van der Waals surface area contributed by atoms with Crippen LogP contribution in [-0.2, 0) is 17.8 Å². The second-order valence-corrected chi connectivity index (χ2v) is 6.15. The van der Waals surface area contributed by atoms with Gasteiger partial charge in [0.1, 0.15) is 16.9 Å². The minimum atomic E-state index is -1.06. The lowest BCUT2D eigenvalue weighted by Crippen LogP contribution is -2.26. The van der Waals surface area contributed by atoms with Crippen LogP contribution in [0.25, 0.3) is 23.1 Å². The monoisotopic (exact) mass is 355 g/mol. The van der Waals surface area contributed by atoms with E-state index in [0.29, 0.717) is 16.1 Å². The molecule has 3 aromatic rings. The molecule has 9 heteroatoms. The molecule has 0 fully saturated rings. The van der Waals surface area contributed by atoms with Crippen LogP contribution in [0.2, 0.25) is 0 Å². The summed E-state index contributed by atoms with van der Waals surface area (Å²) in [4.78, 5) is 36.7. The molecule has 0 aliphatic heterocycles. The Kier molecular flexibility index (Phi) is 4.48. The van der Waals surface area contributed by atoms with Crippen molar-refractivity contribution in [1.29, 1.82) is 0 Å². The predicted octanol–water partition coefficient (Wildman–Crippen LogP) is 1.60. The second-order valence-electron chi connectivity index (χ2n) is 5.03. The van der Waals surface area contributed by atoms with Crippen LogP contribution >= 0.6 is 11.3 Å². The second kappa shape index (κ2) is 6.73. The van der Waals surface area contributed by atoms with E-state index < -0.39 is 11.5 Å². The highest BCUT2D eigenvalue weighted by molar-refractivity contribution is 7.12. The predicted molar refractivity (Wildman–Crippen MR) is 94.3 cm³/mol. The highest BCUT2D eigenvalue weighted by atomic mass is 32.1. The molecular weight excluding hydrogens is 342 g/mol. The van der Waals surface area contributed by atoms with Crippen LogP contribution in [0, 0.1) is 0 Å². The van der Waals surface area contributed by atoms with Crippen molar-refractivity contribution >= 4 is 40.4 Å². The molecule has 3 aromatic heterocycles. The molecule has 0 unspecified atom stereocenters. The first-order valence-electron chi connectivity index (χ1n) is 7.19. The van der Waals surface area contributed by atoms with Crippen LogP contribution in [-0.4, -0.2) is 35.8 Å². The third-order valence-corrected chi connectivity index (χ3v) is 4.46. The highest BCUT2D eigenvalue weighted by Gasteiger charge is 2.16. The quantitative estimate of drug-likeness (QED) is 0.715. The Morgan fingerprint density at radius 1 is 1.36 bits per heavy atom. The van der Waals surface area contributed by atoms with E-state index >= 15 is 0 Å². The van der Waals surface area contributed by atoms with Crippen LogP contribution in [0.15, 0.2) is 30.5 Å². The summed E-state index contributed by atoms with van der Waals surface area (Å²) in [5.74, 6) is -1.06. The summed E-state index contributed by atoms with van der Waals surface area (Å²) in [6.07, 6.45) is 5.58. The smallest absolute Gasteiger partial charge is 0.309 e. The number of aromatic nitrogens is 5. The van der Waals surface area contributed by atoms with E-state index in [4.69, 9.17) is 5.11 Å². The minimum absolute atomic E-state index is 0.102. The van der Waals surface area contributed by atoms with Gasteiger partial charge in [-0.15, -0.1) is 11.3 Å². The largest absolute Gasteiger partial charge is 0.481 e. The van der Waals surface area contributed by atoms with Gasteiger partial charge >= 0.3 is 5.97 Å². The third-order valence-electron chi connectivity index (χ3n) is 3.41. The summed E-state index contributed by atoms with van der Waals surface area (Å²) in [5.41, 5.74) is 0.608. The first kappa shape index (κ1) is 16.7. The normalized spacial score (nSPS) is 10.7. The molecule has 0 spiro atoms. The van der Waals surface area contributed by atoms with Gasteiger partial charge in [0.25, 0.3) is 5.56 Å². The zero-order valence-electron chi connectivity index (χ0n) is 13.0. The molecular formula is C16H13N5O3S. The van der Waals surface area contributed by atoms with Gasteiger partial charge in [0.05, 0.1) is 29.2 Å². The number of carboxylic acids is 1. The van der Waals surface area contributed by atoms with E-state index in [1.807, 2.05) is 0 Å². The Hall–Kier alpha value is -3.20. The van der Waals surface area contributed by atoms with Crippen molar-refractivity contribution in [3.63, 3.8) is 0 Å². The zero-order chi connectivity index (χ0) is 18.0. The van der Waals surface area contributed by atoms with Crippen molar-refractivity contribution in [2.75, 3.05) is 0 Å². The average molecular weight is 355 g/mol. The maximum absolute atomic E-state index is 12.6. The molecule has 3 heterocycles. The molecule has 0 atom stereocenters. The number of hydrogen-bond acceptors (Lipinski definition) is 7. The van der Waals surface area contributed by atoms with E-state index in [2.05, 4.69) is 33.2 Å². The lowest BCUT2D eigenvalue weighted by Gasteiger charge is -2.07. The maximum atomic E-state index is 12.6. The Bertz CT molecular complexity index is 1030. The summed E-state index contributed by atoms with van der Waals surface area (Å²) in [7, 11) is 0. The van der Waals surface area contributed by atoms with Crippen molar-refractivity contribution < 1.29 is 9.90 Å². The Morgan fingerprint density at radius 2 is 2.16 bits per heavy atom. The van der Waals surface area contributed by atoms with Gasteiger partial charge in [-0.25, -0.2) is 19.6 Å². The number of aliphatic carboxylic acids is 1. The number of fused-ring (bicyclic) bond motifs is 1. The molecule has 3 rings (SSSR count). The third kappa shape index (κ3) is 3.22. The van der Waals surface area contributed by atoms with Crippen molar-refractivity contribution in [3.05, 3.63) is 57.3 Å². The first-order valence-corrected chi connectivity index (χ1v) is 8.01. The fourth-order valence-electron chi connectivity index (χ4n) is 2.34. The molecule has 1 N–H and O–H groups in total. The summed E-state index contributed by atoms with van der Waals surface area (Å²) in [5, 5.41) is 14.2. The van der Waals surface area contributed by atoms with Crippen LogP contribution in [0.4, 0.5) is 0 Å². The van der Waals surface area contributed by atoms with Gasteiger partial charge in [-0.3, -0.25) is 9.59 Å². The highest BCUT2D eigenvalue weighted by Crippen LogP contribution is 2.21. The van der Waals surface area contributed by atoms with Crippen LogP contribution in [0.1, 0.15) is 21.3 Å². The molecule has 0 radical (unpaired) electrons. The number of rotatable bonds is 6. The molecule has 8 nitrogen and oxygen atoms in total. The SMILES string of the molecule is C=Cc1nc(Cn2nc(CC(=O)O)c3cncnc3c2=O)sc1C=C. The number of nitrogens with zero attached hydrogens (tertiary/aromatic N) is 5. The number of carbonyl (C=O) groups is 1. The number of hydrogen-bond donors (Lipinski definition) is 1. The van der Waals surface area contributed by atoms with Crippen LogP contribution < -0.4 is 5.56 Å². The lowest BCUT2D eigenvalue weighted by atomic mass is 10.2. The molecule has 25 heavy (non-hydrogen) atoms. The van der Waals surface area contributed by atoms with E-state index in [0.717, 1.165) is 4.88 Å². The van der Waals surface area contributed by atoms with Gasteiger partial charge in [0.2, 0.25) is 0 Å². The first-order chi connectivity index (χ1) is 12.0. The molecule has 0 aromatic carbocycles. The minimum Gasteiger partial charge on any atom is -0.481 e. The summed E-state index contributed by atoms with van der Waals surface area (Å²) < 4.78 is 1.17. The van der Waals surface area contributed by atoms with Crippen molar-refractivity contribution in [1.82, 2.24) is 24.7 Å². The number of carboxylic acid groups (broad SMARTS) is 1. The fraction of sp³-hybridized carbons (Fsp3) is 0.125. The van der Waals surface area contributed by atoms with Gasteiger partial charge in [-0.05, 0) is 12.2 Å². The van der Waals surface area contributed by atoms with Crippen molar-refractivity contribution in [3.8, 4) is 0 Å². The molecule has 0 bridgehead atoms. The van der Waals surface area contributed by atoms with E-state index in [1.54, 1.807) is 12.2 Å². The molecule has 126 valence electrons. The van der Waals surface area contributed by atoms with Gasteiger partial charge in [-0.1, -0.05) is 13.2 Å². The summed E-state index contributed by atoms with van der Waals surface area (Å²) in [6.45, 7) is 7.52. The number of thiazole rings is 1. The summed E-state index contributed by atoms with van der Waals surface area (Å²) >= 11 is 1.36. The Morgan fingerprint density at radius 3 is 2.80 bits per heavy atom. The molecule has 0 aliphatic carbocycles. The van der Waals surface area contributed by atoms with Crippen molar-refractivity contribution in [2.24, 2.45) is 0 Å². The average Bonchev–Trinajstić information content (AvgIpc) is 3.00. The molecule has 0 amide bonds. The lowest BCUT2D eigenvalue weighted by molar-refractivity contribution is -0.136. The van der Waals surface area contributed by atoms with Crippen LogP contribution in [0.5, 0.6) is 0 Å². The standard InChI is InChI=1S/C16H13N5O3S/c1-3-10-12(4-2)25-13(19-10)7-21-16(24)15-9(6-17-8-18-15)11(20-21)5-14(22)23/h3-4,6,8H,1-2,5,7H2,(H,22,23). The van der Waals surface area contributed by atoms with E-state index in [9.17, 15) is 9.59 Å². The molecule has 0 aliphatic rings. The van der Waals surface area contributed by atoms with Gasteiger partial charge in [0, 0.05) is 11.6 Å². The zero-order valence-corrected chi connectivity index (χ0v) is 13.9. The van der Waals surface area contributed by atoms with Gasteiger partial charge < -0.3 is 5.11 Å². The maximum Gasteiger partial charge on any atom is 0.309 e. The Labute approximate surface area is 145 Å². The van der Waals surface area contributed by atoms with Gasteiger partial charge in [-0.2, -0.15) is 5.10 Å². The molecule has 0 saturated heterocycles. The summed E-state index contributed by atoms with van der Waals surface area (Å²) in [6, 6.07) is 0. The van der Waals surface area contributed by atoms with Crippen molar-refractivity contribution in [2.45, 2.75) is 13.0 Å². The Balaban J connectivity index is 2.12. The van der Waals surface area contributed by atoms with Gasteiger partial charge in [0.15, 0.2) is 0 Å². The topological polar surface area (TPSA) is 111 Å². The van der Waals surface area contributed by atoms with E-state index in [1.165, 1.54) is 28.5 Å². The fourth-order valence-corrected chi connectivity index (χ4v) is 3.24. The molecule has 0 saturated carbocycles. The van der Waals surface area contributed by atoms with E-state index in [-0.39, 0.29) is 24.2 Å². The van der Waals surface area contributed by atoms with Crippen LogP contribution in [0.3, 0.4) is 0 Å².